The zero-order valence-corrected chi connectivity index (χ0v) is 6.20. The Morgan fingerprint density at radius 1 is 1.55 bits per heavy atom. The van der Waals surface area contributed by atoms with Crippen molar-refractivity contribution in [3.8, 4) is 0 Å². The van der Waals surface area contributed by atoms with Crippen LogP contribution in [0.5, 0.6) is 0 Å². The van der Waals surface area contributed by atoms with Crippen LogP contribution in [-0.4, -0.2) is 4.98 Å². The fourth-order valence-corrected chi connectivity index (χ4v) is 0.775. The average molecular weight is 149 g/mol. The first-order valence-corrected chi connectivity index (χ1v) is 3.34. The molecule has 0 aliphatic heterocycles. The zero-order valence-electron chi connectivity index (χ0n) is 6.20. The van der Waals surface area contributed by atoms with E-state index in [1.54, 1.807) is 12.1 Å². The number of hydrogen-bond donors (Lipinski definition) is 2. The second kappa shape index (κ2) is 3.16. The molecule has 1 aromatic heterocycles. The van der Waals surface area contributed by atoms with E-state index in [0.717, 1.165) is 5.69 Å². The molecular weight excluding hydrogens is 138 g/mol. The van der Waals surface area contributed by atoms with Crippen LogP contribution >= 0.6 is 0 Å². The van der Waals surface area contributed by atoms with Gasteiger partial charge in [-0.25, -0.2) is 4.98 Å². The maximum absolute atomic E-state index is 5.63. The molecular formula is C8H11N3. The first kappa shape index (κ1) is 7.75. The third kappa shape index (κ3) is 1.78. The van der Waals surface area contributed by atoms with Gasteiger partial charge in [0.25, 0.3) is 0 Å². The van der Waals surface area contributed by atoms with Crippen molar-refractivity contribution in [3.63, 3.8) is 0 Å². The molecule has 0 radical (unpaired) electrons. The number of nitrogens with zero attached hydrogens (tertiary/aromatic N) is 1. The lowest BCUT2D eigenvalue weighted by Crippen LogP contribution is -2.09. The highest BCUT2D eigenvalue weighted by atomic mass is 14.9. The molecule has 0 aliphatic carbocycles. The van der Waals surface area contributed by atoms with E-state index in [1.807, 2.05) is 12.1 Å². The van der Waals surface area contributed by atoms with Crippen molar-refractivity contribution in [3.05, 3.63) is 36.5 Å². The molecule has 0 saturated carbocycles. The Hall–Kier alpha value is -1.35. The van der Waals surface area contributed by atoms with Gasteiger partial charge in [-0.3, -0.25) is 0 Å². The van der Waals surface area contributed by atoms with Gasteiger partial charge in [0.1, 0.15) is 5.82 Å². The molecule has 1 unspecified atom stereocenters. The molecule has 11 heavy (non-hydrogen) atoms. The van der Waals surface area contributed by atoms with E-state index in [2.05, 4.69) is 11.6 Å². The van der Waals surface area contributed by atoms with Crippen LogP contribution in [0.25, 0.3) is 0 Å². The lowest BCUT2D eigenvalue weighted by Gasteiger charge is -2.04. The Morgan fingerprint density at radius 2 is 2.27 bits per heavy atom. The summed E-state index contributed by atoms with van der Waals surface area (Å²) in [5, 5.41) is 0. The summed E-state index contributed by atoms with van der Waals surface area (Å²) < 4.78 is 0. The number of nitrogens with two attached hydrogens (primary N) is 2. The molecule has 0 aromatic carbocycles. The highest BCUT2D eigenvalue weighted by Crippen LogP contribution is 2.08. The third-order valence-corrected chi connectivity index (χ3v) is 1.39. The van der Waals surface area contributed by atoms with E-state index in [4.69, 9.17) is 11.5 Å². The lowest BCUT2D eigenvalue weighted by atomic mass is 10.2. The Morgan fingerprint density at radius 3 is 2.82 bits per heavy atom. The minimum atomic E-state index is -0.224. The lowest BCUT2D eigenvalue weighted by molar-refractivity contribution is 0.867. The monoisotopic (exact) mass is 149 g/mol. The van der Waals surface area contributed by atoms with Gasteiger partial charge in [-0.05, 0) is 12.1 Å². The van der Waals surface area contributed by atoms with Crippen LogP contribution < -0.4 is 11.5 Å². The van der Waals surface area contributed by atoms with Crippen LogP contribution in [-0.2, 0) is 0 Å². The number of hydrogen-bond acceptors (Lipinski definition) is 3. The molecule has 0 spiro atoms. The van der Waals surface area contributed by atoms with Gasteiger partial charge >= 0.3 is 0 Å². The van der Waals surface area contributed by atoms with E-state index >= 15 is 0 Å². The second-order valence-corrected chi connectivity index (χ2v) is 2.25. The fourth-order valence-electron chi connectivity index (χ4n) is 0.775. The van der Waals surface area contributed by atoms with Gasteiger partial charge in [-0.1, -0.05) is 12.1 Å². The van der Waals surface area contributed by atoms with Gasteiger partial charge in [0.05, 0.1) is 11.7 Å². The maximum Gasteiger partial charge on any atom is 0.123 e. The summed E-state index contributed by atoms with van der Waals surface area (Å²) in [4.78, 5) is 4.03. The van der Waals surface area contributed by atoms with Gasteiger partial charge in [0.2, 0.25) is 0 Å². The summed E-state index contributed by atoms with van der Waals surface area (Å²) in [6.45, 7) is 3.56. The number of pyridine rings is 1. The molecule has 0 fully saturated rings. The third-order valence-electron chi connectivity index (χ3n) is 1.39. The van der Waals surface area contributed by atoms with Gasteiger partial charge < -0.3 is 11.5 Å². The van der Waals surface area contributed by atoms with E-state index < -0.39 is 0 Å². The first-order chi connectivity index (χ1) is 5.24. The molecule has 1 aromatic rings. The summed E-state index contributed by atoms with van der Waals surface area (Å²) in [6.07, 6.45) is 1.63. The van der Waals surface area contributed by atoms with Crippen molar-refractivity contribution >= 4 is 5.82 Å². The van der Waals surface area contributed by atoms with Crippen molar-refractivity contribution < 1.29 is 0 Å². The van der Waals surface area contributed by atoms with Crippen LogP contribution in [0.15, 0.2) is 30.9 Å². The predicted molar refractivity (Wildman–Crippen MR) is 45.8 cm³/mol. The molecule has 1 atom stereocenters. The smallest absolute Gasteiger partial charge is 0.123 e. The van der Waals surface area contributed by atoms with Crippen molar-refractivity contribution in [2.75, 3.05) is 5.73 Å². The number of rotatable bonds is 2. The van der Waals surface area contributed by atoms with Gasteiger partial charge in [0, 0.05) is 0 Å². The number of aromatic nitrogens is 1. The highest BCUT2D eigenvalue weighted by molar-refractivity contribution is 5.30. The summed E-state index contributed by atoms with van der Waals surface area (Å²) in [6, 6.07) is 5.14. The standard InChI is InChI=1S/C8H11N3/c1-2-6(9)7-4-3-5-8(10)11-7/h2-6H,1,9H2,(H2,10,11). The molecule has 0 aliphatic rings. The summed E-state index contributed by atoms with van der Waals surface area (Å²) in [7, 11) is 0. The van der Waals surface area contributed by atoms with Crippen molar-refractivity contribution in [2.45, 2.75) is 6.04 Å². The Kier molecular flexibility index (Phi) is 2.23. The van der Waals surface area contributed by atoms with Crippen LogP contribution in [0.2, 0.25) is 0 Å². The minimum Gasteiger partial charge on any atom is -0.384 e. The number of anilines is 1. The molecule has 1 heterocycles. The van der Waals surface area contributed by atoms with Crippen LogP contribution in [0.1, 0.15) is 11.7 Å². The van der Waals surface area contributed by atoms with Crippen molar-refractivity contribution in [1.82, 2.24) is 4.98 Å². The molecule has 3 heteroatoms. The molecule has 4 N–H and O–H groups in total. The van der Waals surface area contributed by atoms with Crippen LogP contribution in [0.4, 0.5) is 5.82 Å². The van der Waals surface area contributed by atoms with Gasteiger partial charge in [0.15, 0.2) is 0 Å². The Bertz CT molecular complexity index is 257. The first-order valence-electron chi connectivity index (χ1n) is 3.34. The molecule has 1 rings (SSSR count). The average Bonchev–Trinajstić information content (AvgIpc) is 2.03. The Labute approximate surface area is 65.7 Å². The maximum atomic E-state index is 5.63. The molecule has 0 bridgehead atoms. The van der Waals surface area contributed by atoms with Gasteiger partial charge in [-0.2, -0.15) is 0 Å². The topological polar surface area (TPSA) is 64.9 Å². The predicted octanol–water partition coefficient (Wildman–Crippen LogP) is 0.850. The molecule has 0 amide bonds. The highest BCUT2D eigenvalue weighted by Gasteiger charge is 2.00. The Balaban J connectivity index is 2.95. The van der Waals surface area contributed by atoms with E-state index in [0.29, 0.717) is 5.82 Å². The number of nitrogen functional groups attached to an aromatic ring is 1. The van der Waals surface area contributed by atoms with Crippen molar-refractivity contribution in [2.24, 2.45) is 5.73 Å². The minimum absolute atomic E-state index is 0.224. The summed E-state index contributed by atoms with van der Waals surface area (Å²) in [5.41, 5.74) is 11.8. The molecule has 58 valence electrons. The van der Waals surface area contributed by atoms with Crippen LogP contribution in [0.3, 0.4) is 0 Å². The largest absolute Gasteiger partial charge is 0.384 e. The SMILES string of the molecule is C=CC(N)c1cccc(N)n1. The molecule has 0 saturated heterocycles. The summed E-state index contributed by atoms with van der Waals surface area (Å²) in [5.74, 6) is 0.486. The van der Waals surface area contributed by atoms with Crippen LogP contribution in [0, 0.1) is 0 Å². The van der Waals surface area contributed by atoms with E-state index in [1.165, 1.54) is 0 Å². The second-order valence-electron chi connectivity index (χ2n) is 2.25. The van der Waals surface area contributed by atoms with Crippen molar-refractivity contribution in [1.29, 1.82) is 0 Å². The summed E-state index contributed by atoms with van der Waals surface area (Å²) >= 11 is 0. The van der Waals surface area contributed by atoms with Gasteiger partial charge in [-0.15, -0.1) is 6.58 Å². The van der Waals surface area contributed by atoms with E-state index in [-0.39, 0.29) is 6.04 Å². The molecule has 3 nitrogen and oxygen atoms in total. The fraction of sp³-hybridized carbons (Fsp3) is 0.125. The zero-order chi connectivity index (χ0) is 8.27. The van der Waals surface area contributed by atoms with E-state index in [9.17, 15) is 0 Å². The quantitative estimate of drug-likeness (QED) is 0.612. The normalized spacial score (nSPS) is 12.5.